The molecule has 0 N–H and O–H groups in total. The molecule has 0 radical (unpaired) electrons. The molecule has 0 saturated heterocycles. The number of fused-ring (bicyclic) bond motifs is 2. The summed E-state index contributed by atoms with van der Waals surface area (Å²) >= 11 is 7.57. The molecule has 3 heterocycles. The Morgan fingerprint density at radius 1 is 1.05 bits per heavy atom. The smallest absolute Gasteiger partial charge is 0.338 e. The third kappa shape index (κ3) is 4.55. The van der Waals surface area contributed by atoms with Gasteiger partial charge in [-0.3, -0.25) is 14.2 Å². The quantitative estimate of drug-likeness (QED) is 0.307. The molecule has 8 nitrogen and oxygen atoms in total. The van der Waals surface area contributed by atoms with Crippen molar-refractivity contribution in [1.29, 1.82) is 0 Å². The lowest BCUT2D eigenvalue weighted by atomic mass is 9.95. The van der Waals surface area contributed by atoms with Crippen molar-refractivity contribution in [2.75, 3.05) is 18.6 Å². The van der Waals surface area contributed by atoms with Crippen molar-refractivity contribution < 1.29 is 19.1 Å². The summed E-state index contributed by atoms with van der Waals surface area (Å²) in [6.45, 7) is 3.86. The summed E-state index contributed by atoms with van der Waals surface area (Å²) < 4.78 is 12.6. The number of aromatic nitrogens is 1. The van der Waals surface area contributed by atoms with Crippen molar-refractivity contribution in [3.8, 4) is 5.75 Å². The summed E-state index contributed by atoms with van der Waals surface area (Å²) in [5.74, 6) is -0.288. The normalized spacial score (nSPS) is 17.1. The fraction of sp³-hybridized carbons (Fsp3) is 0.188. The van der Waals surface area contributed by atoms with Crippen LogP contribution in [-0.4, -0.2) is 30.2 Å². The van der Waals surface area contributed by atoms with Gasteiger partial charge in [-0.25, -0.2) is 9.79 Å². The van der Waals surface area contributed by atoms with E-state index in [4.69, 9.17) is 21.1 Å². The molecule has 4 aromatic rings. The number of carbonyl (C=O) groups excluding carboxylic acids is 2. The second-order valence-electron chi connectivity index (χ2n) is 9.77. The zero-order chi connectivity index (χ0) is 29.5. The maximum Gasteiger partial charge on any atom is 0.338 e. The van der Waals surface area contributed by atoms with Gasteiger partial charge in [0.2, 0.25) is 0 Å². The summed E-state index contributed by atoms with van der Waals surface area (Å²) in [6.07, 6.45) is 0. The van der Waals surface area contributed by atoms with Crippen LogP contribution in [0, 0.1) is 0 Å². The van der Waals surface area contributed by atoms with Crippen LogP contribution in [0.25, 0.3) is 5.57 Å². The Morgan fingerprint density at radius 3 is 2.57 bits per heavy atom. The van der Waals surface area contributed by atoms with E-state index < -0.39 is 17.6 Å². The van der Waals surface area contributed by atoms with Crippen LogP contribution >= 0.6 is 22.9 Å². The average molecular weight is 600 g/mol. The number of allylic oxidation sites excluding steroid dienone is 1. The summed E-state index contributed by atoms with van der Waals surface area (Å²) in [7, 11) is 1.55. The number of esters is 1. The van der Waals surface area contributed by atoms with Gasteiger partial charge in [0.05, 0.1) is 48.8 Å². The van der Waals surface area contributed by atoms with Gasteiger partial charge in [0.1, 0.15) is 10.3 Å². The number of hydrogen-bond donors (Lipinski definition) is 0. The van der Waals surface area contributed by atoms with E-state index in [0.29, 0.717) is 43.7 Å². The Bertz CT molecular complexity index is 1980. The molecule has 3 aromatic carbocycles. The highest BCUT2D eigenvalue weighted by Gasteiger charge is 2.37. The summed E-state index contributed by atoms with van der Waals surface area (Å²) in [5.41, 5.74) is 3.36. The van der Waals surface area contributed by atoms with Crippen LogP contribution in [0.3, 0.4) is 0 Å². The molecule has 1 atom stereocenters. The van der Waals surface area contributed by atoms with Crippen LogP contribution in [0.1, 0.15) is 36.6 Å². The number of methoxy groups -OCH3 is 1. The molecule has 2 aliphatic heterocycles. The van der Waals surface area contributed by atoms with Gasteiger partial charge in [0.25, 0.3) is 11.5 Å². The zero-order valence-corrected chi connectivity index (χ0v) is 24.7. The Hall–Kier alpha value is -4.47. The van der Waals surface area contributed by atoms with Crippen LogP contribution in [0.5, 0.6) is 5.75 Å². The predicted octanol–water partition coefficient (Wildman–Crippen LogP) is 4.38. The second-order valence-corrected chi connectivity index (χ2v) is 11.2. The molecule has 0 fully saturated rings. The number of benzene rings is 3. The molecule has 0 unspecified atom stereocenters. The first-order valence-corrected chi connectivity index (χ1v) is 14.5. The van der Waals surface area contributed by atoms with Gasteiger partial charge in [0.15, 0.2) is 4.80 Å². The molecular formula is C32H26ClN3O5S. The molecule has 1 aromatic heterocycles. The van der Waals surface area contributed by atoms with Crippen LogP contribution < -0.4 is 24.5 Å². The minimum absolute atomic E-state index is 0.168. The zero-order valence-electron chi connectivity index (χ0n) is 23.1. The number of anilines is 1. The first kappa shape index (κ1) is 27.7. The molecule has 0 aliphatic carbocycles. The highest BCUT2D eigenvalue weighted by molar-refractivity contribution is 7.07. The van der Waals surface area contributed by atoms with E-state index in [-0.39, 0.29) is 29.2 Å². The Balaban J connectivity index is 1.58. The maximum absolute atomic E-state index is 14.3. The van der Waals surface area contributed by atoms with Gasteiger partial charge in [-0.2, -0.15) is 0 Å². The van der Waals surface area contributed by atoms with Crippen LogP contribution in [0.2, 0.25) is 5.02 Å². The highest BCUT2D eigenvalue weighted by Crippen LogP contribution is 2.37. The Kier molecular flexibility index (Phi) is 7.30. The molecule has 0 bridgehead atoms. The van der Waals surface area contributed by atoms with Crippen molar-refractivity contribution >= 4 is 46.1 Å². The number of halogens is 1. The van der Waals surface area contributed by atoms with Gasteiger partial charge in [-0.1, -0.05) is 71.5 Å². The van der Waals surface area contributed by atoms with Crippen molar-refractivity contribution in [3.05, 3.63) is 125 Å². The van der Waals surface area contributed by atoms with Crippen LogP contribution in [0.4, 0.5) is 5.69 Å². The Labute approximate surface area is 250 Å². The lowest BCUT2D eigenvalue weighted by Crippen LogP contribution is -2.41. The lowest BCUT2D eigenvalue weighted by Gasteiger charge is -2.25. The van der Waals surface area contributed by atoms with Crippen molar-refractivity contribution in [1.82, 2.24) is 4.57 Å². The third-order valence-corrected chi connectivity index (χ3v) is 8.76. The first-order chi connectivity index (χ1) is 20.3. The number of hydrogen-bond acceptors (Lipinski definition) is 7. The SMILES string of the molecule is CCOC(=O)C1=C(C)N=c2s/c(=C3/C(=O)N(Cc4ccccc4Cl)c4ccccc43)c(=O)n2[C@H]1c1cccc(OC)c1. The molecule has 10 heteroatoms. The molecule has 212 valence electrons. The van der Waals surface area contributed by atoms with E-state index >= 15 is 0 Å². The van der Waals surface area contributed by atoms with Gasteiger partial charge < -0.3 is 14.4 Å². The van der Waals surface area contributed by atoms with Gasteiger partial charge in [-0.15, -0.1) is 0 Å². The van der Waals surface area contributed by atoms with Crippen LogP contribution in [0.15, 0.2) is 93.9 Å². The van der Waals surface area contributed by atoms with Crippen LogP contribution in [-0.2, 0) is 20.9 Å². The Morgan fingerprint density at radius 2 is 1.81 bits per heavy atom. The molecule has 1 amide bonds. The first-order valence-electron chi connectivity index (χ1n) is 13.3. The number of ether oxygens (including phenoxy) is 2. The second kappa shape index (κ2) is 11.1. The summed E-state index contributed by atoms with van der Waals surface area (Å²) in [4.78, 5) is 48.3. The monoisotopic (exact) mass is 599 g/mol. The van der Waals surface area contributed by atoms with E-state index in [1.807, 2.05) is 48.5 Å². The van der Waals surface area contributed by atoms with Crippen molar-refractivity contribution in [3.63, 3.8) is 0 Å². The van der Waals surface area contributed by atoms with E-state index in [9.17, 15) is 14.4 Å². The molecule has 0 saturated carbocycles. The third-order valence-electron chi connectivity index (χ3n) is 7.34. The van der Waals surface area contributed by atoms with Crippen molar-refractivity contribution in [2.45, 2.75) is 26.4 Å². The number of para-hydroxylation sites is 1. The lowest BCUT2D eigenvalue weighted by molar-refractivity contribution is -0.139. The van der Waals surface area contributed by atoms with Gasteiger partial charge in [-0.05, 0) is 49.2 Å². The molecule has 0 spiro atoms. The standard InChI is InChI=1S/C32H26ClN3O5S/c1-4-41-31(39)25-18(2)34-32-36(27(25)19-11-9-12-21(16-19)40-3)30(38)28(42-32)26-22-13-6-8-15-24(22)35(29(26)37)17-20-10-5-7-14-23(20)33/h5-16,27H,4,17H2,1-3H3/b28-26+/t27-/m0/s1. The summed E-state index contributed by atoms with van der Waals surface area (Å²) in [5, 5.41) is 0.552. The predicted molar refractivity (Wildman–Crippen MR) is 161 cm³/mol. The van der Waals surface area contributed by atoms with Crippen molar-refractivity contribution in [2.24, 2.45) is 4.99 Å². The van der Waals surface area contributed by atoms with E-state index in [2.05, 4.69) is 4.99 Å². The number of amides is 1. The number of thiazole rings is 1. The average Bonchev–Trinajstić information content (AvgIpc) is 3.45. The molecule has 6 rings (SSSR count). The fourth-order valence-corrected chi connectivity index (χ4v) is 6.75. The molecular weight excluding hydrogens is 574 g/mol. The van der Waals surface area contributed by atoms with Gasteiger partial charge in [0, 0.05) is 10.6 Å². The number of rotatable bonds is 6. The molecule has 2 aliphatic rings. The minimum Gasteiger partial charge on any atom is -0.497 e. The largest absolute Gasteiger partial charge is 0.497 e. The number of nitrogens with zero attached hydrogens (tertiary/aromatic N) is 3. The fourth-order valence-electron chi connectivity index (χ4n) is 5.42. The highest BCUT2D eigenvalue weighted by atomic mass is 35.5. The minimum atomic E-state index is -0.823. The van der Waals surface area contributed by atoms with E-state index in [1.54, 1.807) is 50.1 Å². The van der Waals surface area contributed by atoms with E-state index in [0.717, 1.165) is 16.9 Å². The van der Waals surface area contributed by atoms with E-state index in [1.165, 1.54) is 4.57 Å². The number of carbonyl (C=O) groups is 2. The maximum atomic E-state index is 14.3. The molecule has 42 heavy (non-hydrogen) atoms. The topological polar surface area (TPSA) is 90.2 Å². The van der Waals surface area contributed by atoms with Gasteiger partial charge >= 0.3 is 5.97 Å². The summed E-state index contributed by atoms with van der Waals surface area (Å²) in [6, 6.07) is 21.1.